The number of alkyl halides is 2. The molecule has 4 saturated carbocycles. The van der Waals surface area contributed by atoms with Gasteiger partial charge in [-0.25, -0.2) is 46.4 Å². The Hall–Kier alpha value is -7.46. The number of aliphatic hydroxyl groups excluding tert-OH is 2. The Labute approximate surface area is 830 Å². The van der Waals surface area contributed by atoms with Gasteiger partial charge in [-0.05, 0) is 299 Å². The van der Waals surface area contributed by atoms with Gasteiger partial charge < -0.3 is 61.7 Å². The van der Waals surface area contributed by atoms with Crippen LogP contribution in [0.3, 0.4) is 0 Å². The van der Waals surface area contributed by atoms with E-state index in [-0.39, 0.29) is 35.6 Å². The number of fused-ring (bicyclic) bond motifs is 12. The Morgan fingerprint density at radius 2 is 0.640 bits per heavy atom. The molecule has 8 N–H and O–H groups in total. The van der Waals surface area contributed by atoms with Gasteiger partial charge in [-0.1, -0.05) is 13.3 Å². The highest BCUT2D eigenvalue weighted by molar-refractivity contribution is 7.20. The van der Waals surface area contributed by atoms with Crippen molar-refractivity contribution in [1.29, 1.82) is 0 Å². The molecule has 0 spiro atoms. The lowest BCUT2D eigenvalue weighted by Gasteiger charge is -2.35. The number of nitrogens with two attached hydrogens (primary N) is 1. The Kier molecular flexibility index (Phi) is 38.0. The highest BCUT2D eigenvalue weighted by Crippen LogP contribution is 2.52. The van der Waals surface area contributed by atoms with Crippen molar-refractivity contribution in [3.63, 3.8) is 0 Å². The van der Waals surface area contributed by atoms with Crippen LogP contribution in [0.2, 0.25) is 0 Å². The molecular formula is C101H148Cl2N22O7S4. The fourth-order valence-electron chi connectivity index (χ4n) is 24.0. The van der Waals surface area contributed by atoms with Gasteiger partial charge in [0.05, 0.1) is 53.1 Å². The maximum Gasteiger partial charge on any atom is 0.236 e. The minimum absolute atomic E-state index is 0.194. The first-order chi connectivity index (χ1) is 66.3. The van der Waals surface area contributed by atoms with Gasteiger partial charge in [-0.2, -0.15) is 0 Å². The van der Waals surface area contributed by atoms with Gasteiger partial charge in [0.25, 0.3) is 0 Å². The number of likely N-dealkylation sites (tertiary alicyclic amines) is 4. The molecule has 0 radical (unpaired) electrons. The number of hydrogen-bond donors (Lipinski definition) is 7. The number of anilines is 4. The first-order valence-corrected chi connectivity index (χ1v) is 55.5. The average Bonchev–Trinajstić information content (AvgIpc) is 1.60. The van der Waals surface area contributed by atoms with Crippen molar-refractivity contribution in [2.75, 3.05) is 154 Å². The van der Waals surface area contributed by atoms with Crippen LogP contribution >= 0.6 is 68.5 Å². The van der Waals surface area contributed by atoms with E-state index in [9.17, 15) is 29.1 Å². The van der Waals surface area contributed by atoms with Crippen LogP contribution in [0.4, 0.5) is 23.3 Å². The van der Waals surface area contributed by atoms with Gasteiger partial charge in [0, 0.05) is 147 Å². The number of halogens is 2. The number of rotatable bonds is 29. The van der Waals surface area contributed by atoms with E-state index in [1.807, 2.05) is 42.3 Å². The fourth-order valence-corrected chi connectivity index (χ4v) is 28.9. The van der Waals surface area contributed by atoms with Gasteiger partial charge in [0.1, 0.15) is 67.9 Å². The molecule has 8 aromatic rings. The molecule has 4 saturated heterocycles. The monoisotopic (exact) mass is 1980 g/mol. The number of carbonyl (C=O) groups excluding carboxylic acids is 5. The Bertz CT molecular complexity index is 5130. The summed E-state index contributed by atoms with van der Waals surface area (Å²) in [5.74, 6) is 6.80. The second-order valence-corrected chi connectivity index (χ2v) is 45.1. The molecule has 20 rings (SSSR count). The normalized spacial score (nSPS) is 24.4. The maximum atomic E-state index is 12.5. The lowest BCUT2D eigenvalue weighted by molar-refractivity contribution is -0.132. The van der Waals surface area contributed by atoms with Crippen molar-refractivity contribution in [3.05, 3.63) is 78.5 Å². The van der Waals surface area contributed by atoms with Crippen LogP contribution < -0.4 is 27.0 Å². The molecule has 8 fully saturated rings. The standard InChI is InChI=1S/C25H36N6O2S.C25H34N6OS.C25H37N5OS.C24H35N5O2S.CH2Cl2.CH4O/c1-30(14-21(33)31-12-2-3-13-31)18-8-6-17(7-9-18)29-24-23-22-16(5-11-20(26)32)4-10-19(22)34-25(23)28-15-27-24;1-26-12-11-17-5-10-20-22(17)23-24(27-16-28-25(23)33-20)29-18-6-8-19(9-7-18)30(2)15-21(32)31-13-3-4-14-31;1-3-6-17-7-12-20-22(17)23-24(26-16-27-25(23)32-20)28-18-8-10-19(11-9-18)29(2)15-21(31)30-13-4-5-14-30;1-28(14-20(31)29-11-2-3-12-29)18-7-5-17(6-8-18)27-23-22-21-16(10-13-30)4-9-19(21)32-24(22)26-15-25-23;2-1-3;1-2/h15-18H,2-14H2,1H3,(H2,26,32)(H,27,28,29);16-19H,3-15H2,2H3,(H,27,28,29);16-19H,3-15H2,1-2H3,(H,26,27,28);15-18,30H,2-14H2,1H3,(H,25,26,27);1H2;2H,1H3/t16-,17?,18?;2*17-,18?,19?;16-,17?,18?;;/m1101../s1. The van der Waals surface area contributed by atoms with E-state index >= 15 is 0 Å². The lowest BCUT2D eigenvalue weighted by atomic mass is 9.90. The van der Waals surface area contributed by atoms with Crippen LogP contribution in [0, 0.1) is 6.57 Å². The molecule has 8 aromatic heterocycles. The number of amides is 5. The number of carbonyl (C=O) groups is 5. The summed E-state index contributed by atoms with van der Waals surface area (Å²) in [5, 5.41) is 36.6. The second-order valence-electron chi connectivity index (χ2n) is 40.0. The SMILES string of the molecule is CCC[C@H]1CCc2sc3ncnc(NC4CCC(N(C)CC(=O)N5CCCC5)CC4)c3c21.CN(CC(=O)N1CCCC1)C1CCC(Nc2ncnc3sc4c(c23)[C@@H](CCC(N)=O)CC4)CC1.CN(CC(=O)N1CCCC1)C1CCC(Nc2ncnc3sc4c(c23)[C@@H](CCO)CC4)CC1.CO.ClCCl.[C-]#[N+]CC[C@H]1CCc2sc3ncnc(NC4CCC(N(C)CC(=O)N5CCCC5)CC4)c3c21. The van der Waals surface area contributed by atoms with Crippen LogP contribution in [0.5, 0.6) is 0 Å². The molecule has 4 atom stereocenters. The highest BCUT2D eigenvalue weighted by Gasteiger charge is 2.39. The van der Waals surface area contributed by atoms with Gasteiger partial charge >= 0.3 is 0 Å². The predicted molar refractivity (Wildman–Crippen MR) is 552 cm³/mol. The van der Waals surface area contributed by atoms with Crippen LogP contribution in [-0.2, 0) is 49.7 Å². The summed E-state index contributed by atoms with van der Waals surface area (Å²) < 4.78 is 0. The molecular weight excluding hydrogens is 1830 g/mol. The topological polar surface area (TPSA) is 333 Å². The molecule has 8 aliphatic carbocycles. The van der Waals surface area contributed by atoms with Crippen LogP contribution in [0.1, 0.15) is 291 Å². The number of thiophene rings is 4. The predicted octanol–water partition coefficient (Wildman–Crippen LogP) is 16.8. The van der Waals surface area contributed by atoms with E-state index in [4.69, 9.17) is 45.6 Å². The number of likely N-dealkylation sites (N-methyl/N-ethyl adjacent to an activating group) is 4. The molecule has 12 heterocycles. The van der Waals surface area contributed by atoms with Crippen LogP contribution in [0.25, 0.3) is 45.7 Å². The summed E-state index contributed by atoms with van der Waals surface area (Å²) >= 11 is 16.8. The molecule has 136 heavy (non-hydrogen) atoms. The van der Waals surface area contributed by atoms with Crippen molar-refractivity contribution in [2.45, 2.75) is 323 Å². The summed E-state index contributed by atoms with van der Waals surface area (Å²) in [6, 6.07) is 3.54. The Morgan fingerprint density at radius 1 is 0.397 bits per heavy atom. The van der Waals surface area contributed by atoms with E-state index in [1.165, 1.54) is 78.0 Å². The number of nitrogens with zero attached hydrogens (tertiary/aromatic N) is 17. The van der Waals surface area contributed by atoms with Gasteiger partial charge in [-0.3, -0.25) is 43.6 Å². The third kappa shape index (κ3) is 25.5. The molecule has 0 bridgehead atoms. The largest absolute Gasteiger partial charge is 0.400 e. The Morgan fingerprint density at radius 3 is 0.875 bits per heavy atom. The summed E-state index contributed by atoms with van der Waals surface area (Å²) in [7, 11) is 9.44. The zero-order chi connectivity index (χ0) is 95.3. The maximum absolute atomic E-state index is 12.5. The molecule has 0 unspecified atom stereocenters. The number of nitrogens with one attached hydrogen (secondary N) is 4. The zero-order valence-electron chi connectivity index (χ0n) is 81.2. The van der Waals surface area contributed by atoms with Crippen molar-refractivity contribution < 1.29 is 34.2 Å². The molecule has 742 valence electrons. The lowest BCUT2D eigenvalue weighted by Crippen LogP contribution is -2.44. The van der Waals surface area contributed by atoms with Crippen molar-refractivity contribution >= 4 is 162 Å². The van der Waals surface area contributed by atoms with E-state index in [0.717, 1.165) is 319 Å². The number of aliphatic hydroxyl groups is 2. The first kappa shape index (κ1) is 103. The molecule has 4 aliphatic heterocycles. The number of aryl methyl sites for hydroxylation is 4. The van der Waals surface area contributed by atoms with Crippen molar-refractivity contribution in [3.8, 4) is 0 Å². The second kappa shape index (κ2) is 50.3. The van der Waals surface area contributed by atoms with Crippen LogP contribution in [0.15, 0.2) is 25.3 Å². The third-order valence-corrected chi connectivity index (χ3v) is 36.1. The smallest absolute Gasteiger partial charge is 0.236 e. The van der Waals surface area contributed by atoms with Crippen molar-refractivity contribution in [2.24, 2.45) is 5.73 Å². The minimum Gasteiger partial charge on any atom is -0.400 e. The van der Waals surface area contributed by atoms with E-state index < -0.39 is 0 Å². The molecule has 5 amide bonds. The summed E-state index contributed by atoms with van der Waals surface area (Å²) in [6.07, 6.45) is 48.1. The summed E-state index contributed by atoms with van der Waals surface area (Å²) in [5.41, 5.74) is 11.1. The van der Waals surface area contributed by atoms with E-state index in [0.29, 0.717) is 117 Å². The number of aromatic nitrogens is 8. The van der Waals surface area contributed by atoms with Gasteiger partial charge in [0.15, 0.2) is 0 Å². The van der Waals surface area contributed by atoms with Crippen molar-refractivity contribution in [1.82, 2.24) is 79.1 Å². The minimum atomic E-state index is -0.230. The third-order valence-electron chi connectivity index (χ3n) is 31.4. The molecule has 0 aromatic carbocycles. The van der Waals surface area contributed by atoms with Gasteiger partial charge in [0.2, 0.25) is 36.1 Å². The Balaban J connectivity index is 0.000000136. The van der Waals surface area contributed by atoms with Crippen LogP contribution in [-0.4, -0.2) is 299 Å². The van der Waals surface area contributed by atoms with E-state index in [1.54, 1.807) is 53.5 Å². The summed E-state index contributed by atoms with van der Waals surface area (Å²) in [4.78, 5) is 129. The van der Waals surface area contributed by atoms with Gasteiger partial charge in [-0.15, -0.1) is 68.5 Å². The highest BCUT2D eigenvalue weighted by atomic mass is 35.5. The zero-order valence-corrected chi connectivity index (χ0v) is 86.0. The number of primary amides is 1. The molecule has 12 aliphatic rings. The number of hydrogen-bond acceptors (Lipinski definition) is 27. The van der Waals surface area contributed by atoms with E-state index in [2.05, 4.69) is 116 Å². The summed E-state index contributed by atoms with van der Waals surface area (Å²) in [6.45, 7) is 19.9. The fraction of sp³-hybridized carbons (Fsp3) is 0.703. The quantitative estimate of drug-likeness (QED) is 0.0169. The molecule has 35 heteroatoms. The molecule has 29 nitrogen and oxygen atoms in total. The first-order valence-electron chi connectivity index (χ1n) is 51.1. The average molecular weight is 1980 g/mol.